The molecule has 3 amide bonds. The van der Waals surface area contributed by atoms with E-state index in [1.807, 2.05) is 36.4 Å². The molecule has 2 aromatic carbocycles. The number of amides is 3. The molecule has 0 saturated heterocycles. The van der Waals surface area contributed by atoms with E-state index in [1.54, 1.807) is 23.7 Å². The number of nitrogens with one attached hydrogen (secondary N) is 3. The van der Waals surface area contributed by atoms with E-state index in [9.17, 15) is 14.4 Å². The second-order valence-corrected chi connectivity index (χ2v) is 9.11. The Balaban J connectivity index is 1.51. The van der Waals surface area contributed by atoms with Crippen molar-refractivity contribution in [2.45, 2.75) is 38.1 Å². The molecule has 8 heteroatoms. The van der Waals surface area contributed by atoms with Crippen molar-refractivity contribution in [2.75, 3.05) is 5.32 Å². The molecule has 1 aliphatic rings. The van der Waals surface area contributed by atoms with Gasteiger partial charge in [-0.15, -0.1) is 11.3 Å². The van der Waals surface area contributed by atoms with Gasteiger partial charge in [-0.05, 0) is 48.1 Å². The lowest BCUT2D eigenvalue weighted by atomic mass is 10.0. The molecule has 4 rings (SSSR count). The number of fused-ring (bicyclic) bond motifs is 1. The van der Waals surface area contributed by atoms with Crippen LogP contribution in [0.2, 0.25) is 0 Å². The Morgan fingerprint density at radius 1 is 1.03 bits per heavy atom. The van der Waals surface area contributed by atoms with Crippen LogP contribution in [0.25, 0.3) is 10.1 Å². The Hall–Kier alpha value is -3.23. The Labute approximate surface area is 189 Å². The molecule has 4 N–H and O–H groups in total. The fourth-order valence-corrected chi connectivity index (χ4v) is 4.99. The summed E-state index contributed by atoms with van der Waals surface area (Å²) in [6.45, 7) is 0. The quantitative estimate of drug-likeness (QED) is 0.323. The molecule has 1 fully saturated rings. The van der Waals surface area contributed by atoms with Gasteiger partial charge >= 0.3 is 0 Å². The van der Waals surface area contributed by atoms with Crippen LogP contribution in [0.1, 0.15) is 40.9 Å². The van der Waals surface area contributed by atoms with E-state index in [0.717, 1.165) is 41.3 Å². The third-order valence-electron chi connectivity index (χ3n) is 5.75. The van der Waals surface area contributed by atoms with Gasteiger partial charge in [0.15, 0.2) is 0 Å². The topological polar surface area (TPSA) is 108 Å². The van der Waals surface area contributed by atoms with Gasteiger partial charge in [0.2, 0.25) is 11.8 Å². The number of hydrogen-bond acceptors (Lipinski definition) is 5. The minimum atomic E-state index is -0.695. The van der Waals surface area contributed by atoms with Crippen LogP contribution in [0, 0.1) is 5.92 Å². The van der Waals surface area contributed by atoms with Crippen LogP contribution in [-0.2, 0) is 16.0 Å². The summed E-state index contributed by atoms with van der Waals surface area (Å²) in [7, 11) is 0. The van der Waals surface area contributed by atoms with Crippen molar-refractivity contribution in [3.05, 3.63) is 65.0 Å². The Morgan fingerprint density at radius 3 is 2.50 bits per heavy atom. The van der Waals surface area contributed by atoms with Crippen LogP contribution in [0.3, 0.4) is 0 Å². The lowest BCUT2D eigenvalue weighted by molar-refractivity contribution is -0.129. The fourth-order valence-electron chi connectivity index (χ4n) is 4.05. The lowest BCUT2D eigenvalue weighted by Gasteiger charge is -2.21. The molecule has 32 heavy (non-hydrogen) atoms. The van der Waals surface area contributed by atoms with Crippen molar-refractivity contribution in [3.8, 4) is 0 Å². The maximum absolute atomic E-state index is 13.1. The first-order valence-corrected chi connectivity index (χ1v) is 11.5. The molecule has 7 nitrogen and oxygen atoms in total. The second-order valence-electron chi connectivity index (χ2n) is 8.03. The smallest absolute Gasteiger partial charge is 0.284 e. The van der Waals surface area contributed by atoms with Crippen LogP contribution in [0.5, 0.6) is 0 Å². The minimum absolute atomic E-state index is 0.0284. The van der Waals surface area contributed by atoms with E-state index < -0.39 is 11.9 Å². The highest BCUT2D eigenvalue weighted by atomic mass is 32.1. The lowest BCUT2D eigenvalue weighted by Crippen LogP contribution is -2.47. The average Bonchev–Trinajstić information content (AvgIpc) is 3.48. The molecule has 1 saturated carbocycles. The van der Waals surface area contributed by atoms with E-state index in [4.69, 9.17) is 5.21 Å². The van der Waals surface area contributed by atoms with Gasteiger partial charge in [-0.2, -0.15) is 0 Å². The fraction of sp³-hybridized carbons (Fsp3) is 0.292. The number of benzene rings is 2. The summed E-state index contributed by atoms with van der Waals surface area (Å²) in [4.78, 5) is 37.9. The first kappa shape index (κ1) is 22.0. The number of thiophene rings is 1. The summed E-state index contributed by atoms with van der Waals surface area (Å²) < 4.78 is 0.858. The van der Waals surface area contributed by atoms with Gasteiger partial charge in [0.1, 0.15) is 6.04 Å². The van der Waals surface area contributed by atoms with Gasteiger partial charge in [0.25, 0.3) is 5.91 Å². The first-order chi connectivity index (χ1) is 15.5. The molecule has 0 bridgehead atoms. The molecule has 3 aromatic rings. The van der Waals surface area contributed by atoms with Crippen LogP contribution in [-0.4, -0.2) is 29.0 Å². The molecular formula is C24H25N3O4S. The van der Waals surface area contributed by atoms with Gasteiger partial charge in [-0.1, -0.05) is 43.2 Å². The highest BCUT2D eigenvalue weighted by molar-refractivity contribution is 7.20. The largest absolute Gasteiger partial charge is 0.344 e. The van der Waals surface area contributed by atoms with E-state index in [0.29, 0.717) is 17.0 Å². The first-order valence-electron chi connectivity index (χ1n) is 10.7. The number of hydroxylamine groups is 1. The Morgan fingerprint density at radius 2 is 1.78 bits per heavy atom. The van der Waals surface area contributed by atoms with Gasteiger partial charge < -0.3 is 10.6 Å². The highest BCUT2D eigenvalue weighted by Gasteiger charge is 2.28. The summed E-state index contributed by atoms with van der Waals surface area (Å²) in [5.74, 6) is -0.955. The van der Waals surface area contributed by atoms with Gasteiger partial charge in [-0.25, -0.2) is 5.48 Å². The third-order valence-corrected chi connectivity index (χ3v) is 6.87. The Kier molecular flexibility index (Phi) is 6.82. The van der Waals surface area contributed by atoms with E-state index >= 15 is 0 Å². The summed E-state index contributed by atoms with van der Waals surface area (Å²) in [5.41, 5.74) is 3.17. The number of hydrogen-bond donors (Lipinski definition) is 4. The standard InChI is InChI=1S/C24H25N3O4S/c28-22(16-8-4-5-9-16)26-19(12-15-6-2-1-3-7-15)23(29)25-18-10-11-20-17(13-18)14-21(32-20)24(30)27-31/h1-3,6-7,10-11,13-14,16,19,31H,4-5,8-9,12H2,(H,25,29)(H,26,28)(H,27,30)/t19-/m0/s1. The monoisotopic (exact) mass is 451 g/mol. The normalized spacial score (nSPS) is 14.8. The van der Waals surface area contributed by atoms with Crippen molar-refractivity contribution >= 4 is 44.8 Å². The van der Waals surface area contributed by atoms with Gasteiger partial charge in [0, 0.05) is 22.7 Å². The molecule has 166 valence electrons. The molecule has 1 heterocycles. The van der Waals surface area contributed by atoms with Crippen LogP contribution >= 0.6 is 11.3 Å². The number of carbonyl (C=O) groups is 3. The SMILES string of the molecule is O=C(NO)c1cc2cc(NC(=O)[C@H](Cc3ccccc3)NC(=O)C3CCCC3)ccc2s1. The van der Waals surface area contributed by atoms with Crippen LogP contribution in [0.4, 0.5) is 5.69 Å². The highest BCUT2D eigenvalue weighted by Crippen LogP contribution is 2.28. The average molecular weight is 452 g/mol. The number of rotatable bonds is 7. The summed E-state index contributed by atoms with van der Waals surface area (Å²) in [5, 5.41) is 15.5. The molecular weight excluding hydrogens is 426 g/mol. The Bertz CT molecular complexity index is 1120. The summed E-state index contributed by atoms with van der Waals surface area (Å²) >= 11 is 1.25. The predicted molar refractivity (Wildman–Crippen MR) is 124 cm³/mol. The predicted octanol–water partition coefficient (Wildman–Crippen LogP) is 3.88. The summed E-state index contributed by atoms with van der Waals surface area (Å²) in [6.07, 6.45) is 4.22. The molecule has 1 aliphatic carbocycles. The molecule has 1 aromatic heterocycles. The number of carbonyl (C=O) groups excluding carboxylic acids is 3. The third kappa shape index (κ3) is 5.15. The maximum Gasteiger partial charge on any atom is 0.284 e. The van der Waals surface area contributed by atoms with Crippen molar-refractivity contribution < 1.29 is 19.6 Å². The van der Waals surface area contributed by atoms with Crippen molar-refractivity contribution in [1.29, 1.82) is 0 Å². The molecule has 0 unspecified atom stereocenters. The van der Waals surface area contributed by atoms with Crippen LogP contribution in [0.15, 0.2) is 54.6 Å². The minimum Gasteiger partial charge on any atom is -0.344 e. The van der Waals surface area contributed by atoms with Gasteiger partial charge in [-0.3, -0.25) is 19.6 Å². The zero-order valence-electron chi connectivity index (χ0n) is 17.5. The molecule has 0 aliphatic heterocycles. The van der Waals surface area contributed by atoms with E-state index in [1.165, 1.54) is 11.3 Å². The van der Waals surface area contributed by atoms with E-state index in [2.05, 4.69) is 10.6 Å². The second kappa shape index (κ2) is 9.93. The zero-order chi connectivity index (χ0) is 22.5. The molecule has 1 atom stereocenters. The van der Waals surface area contributed by atoms with Gasteiger partial charge in [0.05, 0.1) is 4.88 Å². The van der Waals surface area contributed by atoms with Crippen LogP contribution < -0.4 is 16.1 Å². The number of anilines is 1. The van der Waals surface area contributed by atoms with Crippen molar-refractivity contribution in [2.24, 2.45) is 5.92 Å². The van der Waals surface area contributed by atoms with Crippen molar-refractivity contribution in [3.63, 3.8) is 0 Å². The summed E-state index contributed by atoms with van der Waals surface area (Å²) in [6, 6.07) is 15.9. The van der Waals surface area contributed by atoms with E-state index in [-0.39, 0.29) is 17.7 Å². The molecule has 0 spiro atoms. The van der Waals surface area contributed by atoms with Crippen molar-refractivity contribution in [1.82, 2.24) is 10.8 Å². The maximum atomic E-state index is 13.1. The molecule has 0 radical (unpaired) electrons. The zero-order valence-corrected chi connectivity index (χ0v) is 18.3.